The monoisotopic (exact) mass is 216 g/mol. The zero-order chi connectivity index (χ0) is 10.9. The van der Waals surface area contributed by atoms with Gasteiger partial charge in [-0.2, -0.15) is 13.2 Å². The molecule has 2 rings (SSSR count). The van der Waals surface area contributed by atoms with E-state index in [1.807, 2.05) is 0 Å². The van der Waals surface area contributed by atoms with Crippen LogP contribution in [-0.2, 0) is 6.18 Å². The van der Waals surface area contributed by atoms with Gasteiger partial charge in [-0.3, -0.25) is 4.98 Å². The van der Waals surface area contributed by atoms with Crippen LogP contribution in [-0.4, -0.2) is 11.5 Å². The van der Waals surface area contributed by atoms with Crippen LogP contribution in [0.15, 0.2) is 18.5 Å². The molecule has 1 aliphatic heterocycles. The van der Waals surface area contributed by atoms with Gasteiger partial charge in [-0.05, 0) is 31.0 Å². The van der Waals surface area contributed by atoms with E-state index in [9.17, 15) is 13.2 Å². The van der Waals surface area contributed by atoms with E-state index in [1.54, 1.807) is 0 Å². The van der Waals surface area contributed by atoms with Crippen LogP contribution in [0.3, 0.4) is 0 Å². The highest BCUT2D eigenvalue weighted by molar-refractivity contribution is 5.29. The zero-order valence-corrected chi connectivity index (χ0v) is 8.01. The first-order valence-electron chi connectivity index (χ1n) is 4.83. The fourth-order valence-electron chi connectivity index (χ4n) is 1.89. The third kappa shape index (κ3) is 2.12. The number of aromatic nitrogens is 1. The number of pyridine rings is 1. The highest BCUT2D eigenvalue weighted by atomic mass is 19.4. The van der Waals surface area contributed by atoms with E-state index in [2.05, 4.69) is 10.3 Å². The van der Waals surface area contributed by atoms with Crippen molar-refractivity contribution in [3.8, 4) is 0 Å². The van der Waals surface area contributed by atoms with Gasteiger partial charge >= 0.3 is 6.18 Å². The van der Waals surface area contributed by atoms with Crippen molar-refractivity contribution in [3.05, 3.63) is 29.6 Å². The minimum Gasteiger partial charge on any atom is -0.310 e. The Balaban J connectivity index is 2.37. The van der Waals surface area contributed by atoms with Gasteiger partial charge in [0, 0.05) is 18.4 Å². The lowest BCUT2D eigenvalue weighted by Crippen LogP contribution is -2.18. The zero-order valence-electron chi connectivity index (χ0n) is 8.01. The third-order valence-corrected chi connectivity index (χ3v) is 2.59. The van der Waals surface area contributed by atoms with Gasteiger partial charge in [0.25, 0.3) is 0 Å². The van der Waals surface area contributed by atoms with Crippen molar-refractivity contribution in [2.24, 2.45) is 0 Å². The lowest BCUT2D eigenvalue weighted by atomic mass is 10.0. The van der Waals surface area contributed by atoms with E-state index in [4.69, 9.17) is 0 Å². The number of hydrogen-bond donors (Lipinski definition) is 1. The van der Waals surface area contributed by atoms with E-state index in [0.717, 1.165) is 25.5 Å². The molecule has 1 atom stereocenters. The molecular weight excluding hydrogens is 205 g/mol. The van der Waals surface area contributed by atoms with Crippen molar-refractivity contribution in [1.82, 2.24) is 10.3 Å². The van der Waals surface area contributed by atoms with Crippen LogP contribution in [0.5, 0.6) is 0 Å². The van der Waals surface area contributed by atoms with E-state index in [-0.39, 0.29) is 11.6 Å². The largest absolute Gasteiger partial charge is 0.416 e. The van der Waals surface area contributed by atoms with Gasteiger partial charge in [-0.15, -0.1) is 0 Å². The van der Waals surface area contributed by atoms with E-state index in [0.29, 0.717) is 0 Å². The molecule has 0 unspecified atom stereocenters. The molecule has 0 aromatic carbocycles. The maximum absolute atomic E-state index is 12.6. The summed E-state index contributed by atoms with van der Waals surface area (Å²) < 4.78 is 37.9. The van der Waals surface area contributed by atoms with Crippen LogP contribution in [0.25, 0.3) is 0 Å². The average Bonchev–Trinajstić information content (AvgIpc) is 2.69. The standard InChI is InChI=1S/C10H11F3N2/c11-10(12,13)8-3-5-14-6-7(8)9-2-1-4-15-9/h3,5-6,9,15H,1-2,4H2/t9-/m1/s1. The van der Waals surface area contributed by atoms with Gasteiger partial charge in [0.1, 0.15) is 0 Å². The highest BCUT2D eigenvalue weighted by Gasteiger charge is 2.35. The SMILES string of the molecule is FC(F)(F)c1ccncc1[C@H]1CCCN1. The summed E-state index contributed by atoms with van der Waals surface area (Å²) in [5, 5.41) is 3.05. The molecule has 1 aromatic rings. The molecule has 1 saturated heterocycles. The number of halogens is 3. The van der Waals surface area contributed by atoms with Crippen LogP contribution in [0.2, 0.25) is 0 Å². The average molecular weight is 216 g/mol. The van der Waals surface area contributed by atoms with Gasteiger partial charge in [0.2, 0.25) is 0 Å². The molecular formula is C10H11F3N2. The van der Waals surface area contributed by atoms with Crippen molar-refractivity contribution in [2.45, 2.75) is 25.1 Å². The first-order valence-corrected chi connectivity index (χ1v) is 4.83. The summed E-state index contributed by atoms with van der Waals surface area (Å²) in [6.45, 7) is 0.775. The number of rotatable bonds is 1. The van der Waals surface area contributed by atoms with Gasteiger partial charge in [0.05, 0.1) is 5.56 Å². The van der Waals surface area contributed by atoms with E-state index in [1.165, 1.54) is 12.4 Å². The summed E-state index contributed by atoms with van der Waals surface area (Å²) >= 11 is 0. The summed E-state index contributed by atoms with van der Waals surface area (Å²) in [7, 11) is 0. The Bertz CT molecular complexity index is 343. The topological polar surface area (TPSA) is 24.9 Å². The smallest absolute Gasteiger partial charge is 0.310 e. The van der Waals surface area contributed by atoms with Crippen LogP contribution >= 0.6 is 0 Å². The number of nitrogens with one attached hydrogen (secondary N) is 1. The minimum atomic E-state index is -4.29. The second kappa shape index (κ2) is 3.81. The van der Waals surface area contributed by atoms with Crippen molar-refractivity contribution in [1.29, 1.82) is 0 Å². The second-order valence-corrected chi connectivity index (χ2v) is 3.61. The highest BCUT2D eigenvalue weighted by Crippen LogP contribution is 2.36. The number of hydrogen-bond acceptors (Lipinski definition) is 2. The molecule has 0 aliphatic carbocycles. The molecule has 2 heterocycles. The number of alkyl halides is 3. The fourth-order valence-corrected chi connectivity index (χ4v) is 1.89. The lowest BCUT2D eigenvalue weighted by Gasteiger charge is -2.16. The van der Waals surface area contributed by atoms with Gasteiger partial charge in [-0.25, -0.2) is 0 Å². The van der Waals surface area contributed by atoms with Gasteiger partial charge in [0.15, 0.2) is 0 Å². The molecule has 0 spiro atoms. The van der Waals surface area contributed by atoms with E-state index >= 15 is 0 Å². The maximum Gasteiger partial charge on any atom is 0.416 e. The van der Waals surface area contributed by atoms with Crippen molar-refractivity contribution in [3.63, 3.8) is 0 Å². The molecule has 0 bridgehead atoms. The molecule has 0 amide bonds. The fraction of sp³-hybridized carbons (Fsp3) is 0.500. The maximum atomic E-state index is 12.6. The molecule has 82 valence electrons. The summed E-state index contributed by atoms with van der Waals surface area (Å²) in [6, 6.07) is 0.838. The Morgan fingerprint density at radius 1 is 1.40 bits per heavy atom. The van der Waals surface area contributed by atoms with Gasteiger partial charge in [-0.1, -0.05) is 0 Å². The van der Waals surface area contributed by atoms with Crippen molar-refractivity contribution >= 4 is 0 Å². The third-order valence-electron chi connectivity index (χ3n) is 2.59. The number of nitrogens with zero attached hydrogens (tertiary/aromatic N) is 1. The van der Waals surface area contributed by atoms with Gasteiger partial charge < -0.3 is 5.32 Å². The summed E-state index contributed by atoms with van der Waals surface area (Å²) in [5.41, 5.74) is -0.306. The van der Waals surface area contributed by atoms with Crippen LogP contribution in [0.4, 0.5) is 13.2 Å². The van der Waals surface area contributed by atoms with Crippen molar-refractivity contribution in [2.75, 3.05) is 6.54 Å². The molecule has 1 aromatic heterocycles. The van der Waals surface area contributed by atoms with Crippen LogP contribution in [0.1, 0.15) is 30.0 Å². The Morgan fingerprint density at radius 2 is 2.20 bits per heavy atom. The molecule has 1 fully saturated rings. The molecule has 1 N–H and O–H groups in total. The molecule has 2 nitrogen and oxygen atoms in total. The Hall–Kier alpha value is -1.10. The minimum absolute atomic E-state index is 0.199. The first-order chi connectivity index (χ1) is 7.09. The molecule has 1 aliphatic rings. The van der Waals surface area contributed by atoms with Crippen LogP contribution < -0.4 is 5.32 Å². The predicted octanol–water partition coefficient (Wildman–Crippen LogP) is 2.52. The second-order valence-electron chi connectivity index (χ2n) is 3.61. The summed E-state index contributed by atoms with van der Waals surface area (Å²) in [5.74, 6) is 0. The Morgan fingerprint density at radius 3 is 2.80 bits per heavy atom. The van der Waals surface area contributed by atoms with Crippen LogP contribution in [0, 0.1) is 0 Å². The first kappa shape index (κ1) is 10.4. The Labute approximate surface area is 85.5 Å². The normalized spacial score (nSPS) is 21.9. The summed E-state index contributed by atoms with van der Waals surface area (Å²) in [4.78, 5) is 3.76. The summed E-state index contributed by atoms with van der Waals surface area (Å²) in [6.07, 6.45) is -0.138. The quantitative estimate of drug-likeness (QED) is 0.780. The van der Waals surface area contributed by atoms with E-state index < -0.39 is 11.7 Å². The predicted molar refractivity (Wildman–Crippen MR) is 49.2 cm³/mol. The van der Waals surface area contributed by atoms with Crippen molar-refractivity contribution < 1.29 is 13.2 Å². The Kier molecular flexibility index (Phi) is 2.65. The molecule has 15 heavy (non-hydrogen) atoms. The molecule has 0 saturated carbocycles. The lowest BCUT2D eigenvalue weighted by molar-refractivity contribution is -0.138. The molecule has 0 radical (unpaired) electrons. The molecule has 5 heteroatoms.